The topological polar surface area (TPSA) is 40.5 Å². The summed E-state index contributed by atoms with van der Waals surface area (Å²) in [5.74, 6) is 0. The van der Waals surface area contributed by atoms with E-state index < -0.39 is 7.12 Å². The SMILES string of the molecule is Brc1ccc(-c2ccc3c(ccc4ccccc43)c2)cc1.OB(O)c1c2ccccc2c(-c2cccc(-c3cccc4ccccc34)c2)c2ccccc12.c1cc(-c2cccc3ccccc23)cc(-c2c3ccccc3c(-c3ccc(-c4ccc5c(ccc6ccccc65)c4)cc3)c3ccccc23)c1. The first kappa shape index (κ1) is 63.6. The number of rotatable bonds is 8. The van der Waals surface area contributed by atoms with Crippen molar-refractivity contribution in [2.75, 3.05) is 0 Å². The zero-order valence-electron chi connectivity index (χ0n) is 56.8. The molecule has 0 aliphatic heterocycles. The Bertz CT molecular complexity index is 6590. The first-order valence-corrected chi connectivity index (χ1v) is 36.2. The molecule has 0 saturated carbocycles. The van der Waals surface area contributed by atoms with Gasteiger partial charge >= 0.3 is 7.12 Å². The van der Waals surface area contributed by atoms with Crippen molar-refractivity contribution in [1.82, 2.24) is 0 Å². The highest BCUT2D eigenvalue weighted by atomic mass is 79.9. The van der Waals surface area contributed by atoms with E-state index in [4.69, 9.17) is 0 Å². The fourth-order valence-electron chi connectivity index (χ4n) is 16.0. The molecular formula is C100H66BBrO2. The van der Waals surface area contributed by atoms with Gasteiger partial charge in [-0.25, -0.2) is 0 Å². The maximum Gasteiger partial charge on any atom is 0.489 e. The van der Waals surface area contributed by atoms with Crippen LogP contribution in [-0.4, -0.2) is 17.2 Å². The van der Waals surface area contributed by atoms with Crippen molar-refractivity contribution in [1.29, 1.82) is 0 Å². The molecule has 104 heavy (non-hydrogen) atoms. The van der Waals surface area contributed by atoms with Crippen molar-refractivity contribution in [2.45, 2.75) is 0 Å². The van der Waals surface area contributed by atoms with Crippen molar-refractivity contribution in [3.63, 3.8) is 0 Å². The van der Waals surface area contributed by atoms with Crippen LogP contribution in [0.5, 0.6) is 0 Å². The van der Waals surface area contributed by atoms with E-state index in [2.05, 4.69) is 368 Å². The molecule has 488 valence electrons. The van der Waals surface area contributed by atoms with Gasteiger partial charge in [-0.2, -0.15) is 0 Å². The maximum absolute atomic E-state index is 10.2. The largest absolute Gasteiger partial charge is 0.489 e. The number of fused-ring (bicyclic) bond motifs is 12. The highest BCUT2D eigenvalue weighted by Crippen LogP contribution is 2.46. The zero-order valence-corrected chi connectivity index (χ0v) is 58.4. The molecule has 2 nitrogen and oxygen atoms in total. The van der Waals surface area contributed by atoms with Crippen LogP contribution in [0.15, 0.2) is 393 Å². The number of hydrogen-bond acceptors (Lipinski definition) is 2. The number of hydrogen-bond donors (Lipinski definition) is 2. The van der Waals surface area contributed by atoms with Crippen molar-refractivity contribution in [2.24, 2.45) is 0 Å². The second-order valence-electron chi connectivity index (χ2n) is 26.8. The van der Waals surface area contributed by atoms with Crippen LogP contribution in [-0.2, 0) is 0 Å². The molecule has 0 amide bonds. The summed E-state index contributed by atoms with van der Waals surface area (Å²) in [5.41, 5.74) is 17.6. The van der Waals surface area contributed by atoms with Gasteiger partial charge in [0.25, 0.3) is 0 Å². The Morgan fingerprint density at radius 3 is 0.846 bits per heavy atom. The third-order valence-electron chi connectivity index (χ3n) is 20.8. The zero-order chi connectivity index (χ0) is 69.6. The molecule has 20 aromatic carbocycles. The van der Waals surface area contributed by atoms with E-state index in [0.717, 1.165) is 42.7 Å². The van der Waals surface area contributed by atoms with Crippen LogP contribution in [0.3, 0.4) is 0 Å². The molecule has 0 saturated heterocycles. The van der Waals surface area contributed by atoms with Gasteiger partial charge in [0.05, 0.1) is 0 Å². The Labute approximate surface area is 612 Å². The first-order chi connectivity index (χ1) is 51.3. The first-order valence-electron chi connectivity index (χ1n) is 35.4. The lowest BCUT2D eigenvalue weighted by molar-refractivity contribution is 0.426. The van der Waals surface area contributed by atoms with Crippen LogP contribution in [0.25, 0.3) is 186 Å². The van der Waals surface area contributed by atoms with Crippen LogP contribution >= 0.6 is 15.9 Å². The van der Waals surface area contributed by atoms with Crippen LogP contribution in [0.4, 0.5) is 0 Å². The maximum atomic E-state index is 10.2. The quantitative estimate of drug-likeness (QED) is 0.0904. The van der Waals surface area contributed by atoms with Gasteiger partial charge in [-0.15, -0.1) is 0 Å². The molecule has 0 aliphatic rings. The van der Waals surface area contributed by atoms with E-state index in [-0.39, 0.29) is 0 Å². The van der Waals surface area contributed by atoms with Crippen molar-refractivity contribution in [3.8, 4) is 77.9 Å². The van der Waals surface area contributed by atoms with Gasteiger partial charge in [-0.1, -0.05) is 368 Å². The predicted octanol–water partition coefficient (Wildman–Crippen LogP) is 26.7. The lowest BCUT2D eigenvalue weighted by atomic mass is 9.72. The van der Waals surface area contributed by atoms with Crippen molar-refractivity contribution >= 4 is 136 Å². The molecule has 0 spiro atoms. The third kappa shape index (κ3) is 11.8. The molecule has 20 rings (SSSR count). The number of benzene rings is 20. The second-order valence-corrected chi connectivity index (χ2v) is 27.8. The molecule has 0 bridgehead atoms. The monoisotopic (exact) mass is 1390 g/mol. The average Bonchev–Trinajstić information content (AvgIpc) is 0.739. The summed E-state index contributed by atoms with van der Waals surface area (Å²) in [6.45, 7) is 0. The highest BCUT2D eigenvalue weighted by Gasteiger charge is 2.23. The molecule has 4 heteroatoms. The lowest BCUT2D eigenvalue weighted by Crippen LogP contribution is -2.31. The molecule has 0 atom stereocenters. The molecule has 20 aromatic rings. The molecular weight excluding hydrogens is 1320 g/mol. The minimum absolute atomic E-state index is 0.551. The molecule has 0 aliphatic carbocycles. The fourth-order valence-corrected chi connectivity index (χ4v) is 16.3. The third-order valence-corrected chi connectivity index (χ3v) is 21.4. The minimum atomic E-state index is -1.55. The minimum Gasteiger partial charge on any atom is -0.423 e. The summed E-state index contributed by atoms with van der Waals surface area (Å²) < 4.78 is 1.11. The lowest BCUT2D eigenvalue weighted by Gasteiger charge is -2.18. The number of halogens is 1. The van der Waals surface area contributed by atoms with Gasteiger partial charge in [0, 0.05) is 4.47 Å². The van der Waals surface area contributed by atoms with Gasteiger partial charge in [0.15, 0.2) is 0 Å². The Balaban J connectivity index is 0.000000122. The normalized spacial score (nSPS) is 11.4. The summed E-state index contributed by atoms with van der Waals surface area (Å²) in [4.78, 5) is 0. The summed E-state index contributed by atoms with van der Waals surface area (Å²) in [7, 11) is -1.55. The van der Waals surface area contributed by atoms with Crippen LogP contribution in [0.1, 0.15) is 0 Å². The van der Waals surface area contributed by atoms with Gasteiger partial charge in [-0.3, -0.25) is 0 Å². The predicted molar refractivity (Wildman–Crippen MR) is 450 cm³/mol. The van der Waals surface area contributed by atoms with E-state index in [1.165, 1.54) is 147 Å². The summed E-state index contributed by atoms with van der Waals surface area (Å²) in [6.07, 6.45) is 0. The van der Waals surface area contributed by atoms with Crippen molar-refractivity contribution < 1.29 is 10.0 Å². The van der Waals surface area contributed by atoms with E-state index >= 15 is 0 Å². The second kappa shape index (κ2) is 27.4. The molecule has 0 radical (unpaired) electrons. The average molecular weight is 1390 g/mol. The van der Waals surface area contributed by atoms with Gasteiger partial charge in [0.1, 0.15) is 0 Å². The Hall–Kier alpha value is -12.5. The van der Waals surface area contributed by atoms with Crippen LogP contribution in [0.2, 0.25) is 0 Å². The Morgan fingerprint density at radius 1 is 0.173 bits per heavy atom. The smallest absolute Gasteiger partial charge is 0.423 e. The molecule has 0 unspecified atom stereocenters. The van der Waals surface area contributed by atoms with Crippen LogP contribution in [0, 0.1) is 0 Å². The van der Waals surface area contributed by atoms with Crippen molar-refractivity contribution in [3.05, 3.63) is 393 Å². The highest BCUT2D eigenvalue weighted by molar-refractivity contribution is 9.10. The Morgan fingerprint density at radius 2 is 0.442 bits per heavy atom. The van der Waals surface area contributed by atoms with E-state index in [1.807, 2.05) is 36.4 Å². The van der Waals surface area contributed by atoms with E-state index in [9.17, 15) is 10.0 Å². The molecule has 0 fully saturated rings. The summed E-state index contributed by atoms with van der Waals surface area (Å²) in [5, 5.41) is 44.6. The van der Waals surface area contributed by atoms with Gasteiger partial charge in [0.2, 0.25) is 0 Å². The Kier molecular flexibility index (Phi) is 16.8. The summed E-state index contributed by atoms with van der Waals surface area (Å²) >= 11 is 3.48. The molecule has 0 aromatic heterocycles. The molecule has 0 heterocycles. The standard InChI is InChI=1S/C50H32.C30H21BO2.C20H13Br/c1-3-16-41-34(11-1)13-10-22-43(41)38-14-9-15-40(32-38)50-47-20-7-5-18-45(47)49(46-19-6-8-21-48(46)50)36-26-23-33(24-27-36)37-29-30-44-39(31-37)28-25-35-12-2-4-17-42(35)44;32-31(33)30-27-16-5-3-14-25(27)29(26-15-4-6-17-28(26)30)22-12-7-11-21(19-22)24-18-8-10-20-9-1-2-13-23(20)24;21-18-10-7-14(8-11-18)16-9-12-20-17(13-16)6-5-15-3-1-2-4-19(15)20/h1-32H;1-19,32-33H;1-13H. The van der Waals surface area contributed by atoms with Gasteiger partial charge < -0.3 is 10.0 Å². The van der Waals surface area contributed by atoms with Crippen LogP contribution < -0.4 is 5.46 Å². The van der Waals surface area contributed by atoms with E-state index in [1.54, 1.807) is 0 Å². The molecule has 2 N–H and O–H groups in total. The fraction of sp³-hybridized carbons (Fsp3) is 0. The van der Waals surface area contributed by atoms with Gasteiger partial charge in [-0.05, 0) is 227 Å². The van der Waals surface area contributed by atoms with E-state index in [0.29, 0.717) is 5.46 Å². The summed E-state index contributed by atoms with van der Waals surface area (Å²) in [6, 6.07) is 139.